The van der Waals surface area contributed by atoms with Crippen LogP contribution in [0.1, 0.15) is 33.1 Å². The van der Waals surface area contributed by atoms with E-state index in [1.54, 1.807) is 0 Å². The summed E-state index contributed by atoms with van der Waals surface area (Å²) in [5.41, 5.74) is 0. The third-order valence-corrected chi connectivity index (χ3v) is 2.39. The van der Waals surface area contributed by atoms with Crippen LogP contribution in [0.4, 0.5) is 0 Å². The minimum absolute atomic E-state index is 0.00463. The molecule has 1 N–H and O–H groups in total. The molecule has 0 unspecified atom stereocenters. The molecule has 0 heterocycles. The Hall–Kier alpha value is -0.0400. The van der Waals surface area contributed by atoms with Crippen molar-refractivity contribution in [2.45, 2.75) is 39.2 Å². The van der Waals surface area contributed by atoms with Crippen molar-refractivity contribution in [2.24, 2.45) is 11.8 Å². The highest BCUT2D eigenvalue weighted by Gasteiger charge is 2.27. The summed E-state index contributed by atoms with van der Waals surface area (Å²) in [5.74, 6) is 1.26. The quantitative estimate of drug-likeness (QED) is 0.571. The normalized spacial score (nSPS) is 36.0. The van der Waals surface area contributed by atoms with E-state index < -0.39 is 0 Å². The van der Waals surface area contributed by atoms with E-state index >= 15 is 0 Å². The van der Waals surface area contributed by atoms with E-state index in [0.29, 0.717) is 11.8 Å². The number of aliphatic hydroxyl groups excluding tert-OH is 1. The Morgan fingerprint density at radius 1 is 1.33 bits per heavy atom. The van der Waals surface area contributed by atoms with Gasteiger partial charge >= 0.3 is 0 Å². The third-order valence-electron chi connectivity index (χ3n) is 2.39. The summed E-state index contributed by atoms with van der Waals surface area (Å²) in [6.45, 7) is 4.39. The fourth-order valence-electron chi connectivity index (χ4n) is 1.75. The van der Waals surface area contributed by atoms with Crippen molar-refractivity contribution in [1.82, 2.24) is 0 Å². The topological polar surface area (TPSA) is 20.2 Å². The van der Waals surface area contributed by atoms with E-state index in [1.165, 1.54) is 12.8 Å². The predicted molar refractivity (Wildman–Crippen MR) is 38.2 cm³/mol. The van der Waals surface area contributed by atoms with Gasteiger partial charge in [-0.05, 0) is 24.7 Å². The summed E-state index contributed by atoms with van der Waals surface area (Å²) in [5, 5.41) is 9.36. The second-order valence-corrected chi connectivity index (χ2v) is 3.41. The van der Waals surface area contributed by atoms with E-state index in [-0.39, 0.29) is 6.10 Å². The lowest BCUT2D eigenvalue weighted by molar-refractivity contribution is 0.108. The lowest BCUT2D eigenvalue weighted by Gasteiger charge is -2.17. The van der Waals surface area contributed by atoms with Gasteiger partial charge < -0.3 is 5.11 Å². The number of hydrogen-bond donors (Lipinski definition) is 1. The van der Waals surface area contributed by atoms with Gasteiger partial charge in [0.1, 0.15) is 0 Å². The summed E-state index contributed by atoms with van der Waals surface area (Å²) in [4.78, 5) is 0. The minimum Gasteiger partial charge on any atom is -0.393 e. The van der Waals surface area contributed by atoms with Gasteiger partial charge in [-0.15, -0.1) is 0 Å². The standard InChI is InChI=1S/C8H16O/c1-6(2)7-4-3-5-8(7)9/h6-9H,3-5H2,1-2H3/t7-,8-/m1/s1. The van der Waals surface area contributed by atoms with Crippen LogP contribution in [-0.4, -0.2) is 11.2 Å². The first kappa shape index (κ1) is 7.07. The molecule has 0 aromatic heterocycles. The molecule has 1 saturated carbocycles. The summed E-state index contributed by atoms with van der Waals surface area (Å²) >= 11 is 0. The molecule has 9 heavy (non-hydrogen) atoms. The zero-order valence-electron chi connectivity index (χ0n) is 6.30. The molecule has 0 bridgehead atoms. The zero-order chi connectivity index (χ0) is 6.85. The van der Waals surface area contributed by atoms with Crippen LogP contribution in [0.25, 0.3) is 0 Å². The molecule has 1 aliphatic rings. The number of aliphatic hydroxyl groups is 1. The van der Waals surface area contributed by atoms with Crippen LogP contribution in [-0.2, 0) is 0 Å². The molecular weight excluding hydrogens is 112 g/mol. The van der Waals surface area contributed by atoms with Crippen molar-refractivity contribution in [3.63, 3.8) is 0 Å². The van der Waals surface area contributed by atoms with E-state index in [0.717, 1.165) is 6.42 Å². The molecule has 1 aliphatic carbocycles. The molecule has 0 radical (unpaired) electrons. The fourth-order valence-corrected chi connectivity index (χ4v) is 1.75. The Morgan fingerprint density at radius 2 is 2.00 bits per heavy atom. The summed E-state index contributed by atoms with van der Waals surface area (Å²) < 4.78 is 0. The molecule has 1 nitrogen and oxygen atoms in total. The van der Waals surface area contributed by atoms with Gasteiger partial charge in [0.25, 0.3) is 0 Å². The molecule has 54 valence electrons. The van der Waals surface area contributed by atoms with Crippen LogP contribution < -0.4 is 0 Å². The lowest BCUT2D eigenvalue weighted by Crippen LogP contribution is -2.18. The van der Waals surface area contributed by atoms with Crippen molar-refractivity contribution < 1.29 is 5.11 Å². The van der Waals surface area contributed by atoms with E-state index in [1.807, 2.05) is 0 Å². The molecule has 1 fully saturated rings. The first-order valence-corrected chi connectivity index (χ1v) is 3.90. The summed E-state index contributed by atoms with van der Waals surface area (Å²) in [6.07, 6.45) is 3.50. The predicted octanol–water partition coefficient (Wildman–Crippen LogP) is 1.80. The number of rotatable bonds is 1. The van der Waals surface area contributed by atoms with Gasteiger partial charge in [-0.2, -0.15) is 0 Å². The average molecular weight is 128 g/mol. The van der Waals surface area contributed by atoms with Crippen molar-refractivity contribution in [3.8, 4) is 0 Å². The van der Waals surface area contributed by atoms with E-state index in [2.05, 4.69) is 13.8 Å². The fraction of sp³-hybridized carbons (Fsp3) is 1.00. The lowest BCUT2D eigenvalue weighted by atomic mass is 9.93. The molecule has 0 amide bonds. The minimum atomic E-state index is 0.00463. The molecule has 1 heteroatoms. The number of hydrogen-bond acceptors (Lipinski definition) is 1. The third kappa shape index (κ3) is 1.45. The highest BCUT2D eigenvalue weighted by Crippen LogP contribution is 2.30. The second-order valence-electron chi connectivity index (χ2n) is 3.41. The van der Waals surface area contributed by atoms with Gasteiger partial charge in [-0.1, -0.05) is 20.3 Å². The zero-order valence-corrected chi connectivity index (χ0v) is 6.30. The van der Waals surface area contributed by atoms with Crippen molar-refractivity contribution in [3.05, 3.63) is 0 Å². The Balaban J connectivity index is 2.40. The molecule has 0 aromatic rings. The summed E-state index contributed by atoms with van der Waals surface area (Å²) in [7, 11) is 0. The maximum absolute atomic E-state index is 9.36. The molecule has 0 saturated heterocycles. The molecule has 0 aliphatic heterocycles. The van der Waals surface area contributed by atoms with E-state index in [4.69, 9.17) is 0 Å². The van der Waals surface area contributed by atoms with Gasteiger partial charge in [0.2, 0.25) is 0 Å². The van der Waals surface area contributed by atoms with Crippen molar-refractivity contribution in [2.75, 3.05) is 0 Å². The van der Waals surface area contributed by atoms with Crippen LogP contribution in [0.5, 0.6) is 0 Å². The summed E-state index contributed by atoms with van der Waals surface area (Å²) in [6, 6.07) is 0. The van der Waals surface area contributed by atoms with Crippen LogP contribution in [0.3, 0.4) is 0 Å². The first-order valence-electron chi connectivity index (χ1n) is 3.90. The second kappa shape index (κ2) is 2.70. The van der Waals surface area contributed by atoms with Gasteiger partial charge in [0.05, 0.1) is 6.10 Å². The van der Waals surface area contributed by atoms with Gasteiger partial charge in [-0.3, -0.25) is 0 Å². The van der Waals surface area contributed by atoms with Gasteiger partial charge in [0.15, 0.2) is 0 Å². The van der Waals surface area contributed by atoms with Crippen molar-refractivity contribution in [1.29, 1.82) is 0 Å². The Bertz CT molecular complexity index is 88.6. The Kier molecular flexibility index (Phi) is 2.12. The van der Waals surface area contributed by atoms with Crippen LogP contribution in [0, 0.1) is 11.8 Å². The molecule has 0 aromatic carbocycles. The van der Waals surface area contributed by atoms with E-state index in [9.17, 15) is 5.11 Å². The molecule has 1 rings (SSSR count). The van der Waals surface area contributed by atoms with Gasteiger partial charge in [-0.25, -0.2) is 0 Å². The average Bonchev–Trinajstić information content (AvgIpc) is 2.13. The highest BCUT2D eigenvalue weighted by atomic mass is 16.3. The monoisotopic (exact) mass is 128 g/mol. The molecule has 2 atom stereocenters. The van der Waals surface area contributed by atoms with Crippen LogP contribution in [0.15, 0.2) is 0 Å². The molecular formula is C8H16O. The van der Waals surface area contributed by atoms with Crippen LogP contribution in [0.2, 0.25) is 0 Å². The first-order chi connectivity index (χ1) is 4.22. The Morgan fingerprint density at radius 3 is 2.22 bits per heavy atom. The SMILES string of the molecule is CC(C)[C@H]1CCC[C@H]1O. The van der Waals surface area contributed by atoms with Crippen LogP contribution >= 0.6 is 0 Å². The Labute approximate surface area is 57.1 Å². The highest BCUT2D eigenvalue weighted by molar-refractivity contribution is 4.78. The molecule has 0 spiro atoms. The maximum atomic E-state index is 9.36. The maximum Gasteiger partial charge on any atom is 0.0570 e. The largest absolute Gasteiger partial charge is 0.393 e. The van der Waals surface area contributed by atoms with Gasteiger partial charge in [0, 0.05) is 0 Å². The smallest absolute Gasteiger partial charge is 0.0570 e. The van der Waals surface area contributed by atoms with Crippen molar-refractivity contribution >= 4 is 0 Å².